The molecule has 1 aromatic heterocycles. The zero-order valence-corrected chi connectivity index (χ0v) is 14.0. The zero-order chi connectivity index (χ0) is 17.1. The smallest absolute Gasteiger partial charge is 0.263 e. The van der Waals surface area contributed by atoms with Gasteiger partial charge in [0.1, 0.15) is 10.1 Å². The number of nitrogens with zero attached hydrogens (tertiary/aromatic N) is 3. The van der Waals surface area contributed by atoms with Crippen molar-refractivity contribution in [2.24, 2.45) is 0 Å². The third-order valence-electron chi connectivity index (χ3n) is 3.29. The number of nitrogens with one attached hydrogen (secondary N) is 1. The highest BCUT2D eigenvalue weighted by atomic mass is 32.2. The molecule has 0 spiro atoms. The molecule has 2 aromatic rings. The average Bonchev–Trinajstić information content (AvgIpc) is 3.09. The largest absolute Gasteiger partial charge is 0.307 e. The van der Waals surface area contributed by atoms with Gasteiger partial charge in [0.15, 0.2) is 0 Å². The Labute approximate surface area is 147 Å². The summed E-state index contributed by atoms with van der Waals surface area (Å²) in [7, 11) is 0. The standard InChI is InChI=1S/C16H11FN4OS2/c17-12-4-2-10(3-5-12)14-11(9-21(20-14)7-1-6-18)8-13-15(22)19-16(23)24-13/h2-5,8-9H,1,7H2,(H,19,22,23). The summed E-state index contributed by atoms with van der Waals surface area (Å²) in [6.45, 7) is 0.436. The third kappa shape index (κ3) is 3.53. The first-order chi connectivity index (χ1) is 11.6. The van der Waals surface area contributed by atoms with Gasteiger partial charge in [0.05, 0.1) is 29.6 Å². The van der Waals surface area contributed by atoms with Crippen molar-refractivity contribution < 1.29 is 9.18 Å². The molecule has 0 saturated carbocycles. The third-order valence-corrected chi connectivity index (χ3v) is 4.45. The number of aromatic nitrogens is 2. The van der Waals surface area contributed by atoms with E-state index in [0.717, 1.165) is 5.56 Å². The number of thioether (sulfide) groups is 1. The lowest BCUT2D eigenvalue weighted by Gasteiger charge is -1.99. The summed E-state index contributed by atoms with van der Waals surface area (Å²) in [5.74, 6) is -0.585. The van der Waals surface area contributed by atoms with Gasteiger partial charge in [-0.25, -0.2) is 4.39 Å². The molecule has 1 fully saturated rings. The maximum Gasteiger partial charge on any atom is 0.263 e. The van der Waals surface area contributed by atoms with E-state index >= 15 is 0 Å². The van der Waals surface area contributed by atoms with Crippen LogP contribution in [0.1, 0.15) is 12.0 Å². The Kier molecular flexibility index (Phi) is 4.74. The molecular formula is C16H11FN4OS2. The van der Waals surface area contributed by atoms with E-state index in [1.54, 1.807) is 29.1 Å². The molecule has 0 aliphatic carbocycles. The Bertz CT molecular complexity index is 880. The number of hydrogen-bond donors (Lipinski definition) is 1. The molecule has 8 heteroatoms. The van der Waals surface area contributed by atoms with Gasteiger partial charge < -0.3 is 5.32 Å². The van der Waals surface area contributed by atoms with Crippen LogP contribution in [0.15, 0.2) is 35.4 Å². The minimum atomic E-state index is -0.335. The summed E-state index contributed by atoms with van der Waals surface area (Å²) < 4.78 is 15.2. The van der Waals surface area contributed by atoms with E-state index in [4.69, 9.17) is 17.5 Å². The summed E-state index contributed by atoms with van der Waals surface area (Å²) in [4.78, 5) is 12.3. The van der Waals surface area contributed by atoms with Crippen LogP contribution < -0.4 is 5.32 Å². The second-order valence-electron chi connectivity index (χ2n) is 4.96. The number of halogens is 1. The van der Waals surface area contributed by atoms with E-state index in [1.807, 2.05) is 0 Å². The number of hydrogen-bond acceptors (Lipinski definition) is 5. The summed E-state index contributed by atoms with van der Waals surface area (Å²) in [6, 6.07) is 8.03. The monoisotopic (exact) mass is 358 g/mol. The molecule has 0 radical (unpaired) electrons. The first-order valence-corrected chi connectivity index (χ1v) is 8.24. The summed E-state index contributed by atoms with van der Waals surface area (Å²) in [5.41, 5.74) is 2.05. The van der Waals surface area contributed by atoms with Gasteiger partial charge in [-0.3, -0.25) is 9.48 Å². The molecular weight excluding hydrogens is 347 g/mol. The minimum absolute atomic E-state index is 0.250. The Morgan fingerprint density at radius 1 is 1.42 bits per heavy atom. The van der Waals surface area contributed by atoms with E-state index in [1.165, 1.54) is 23.9 Å². The van der Waals surface area contributed by atoms with Gasteiger partial charge in [-0.2, -0.15) is 10.4 Å². The molecule has 1 aliphatic heterocycles. The van der Waals surface area contributed by atoms with E-state index in [2.05, 4.69) is 16.5 Å². The van der Waals surface area contributed by atoms with Crippen molar-refractivity contribution in [3.63, 3.8) is 0 Å². The number of amides is 1. The van der Waals surface area contributed by atoms with E-state index < -0.39 is 0 Å². The molecule has 3 rings (SSSR count). The Balaban J connectivity index is 2.03. The number of nitriles is 1. The Morgan fingerprint density at radius 2 is 2.17 bits per heavy atom. The van der Waals surface area contributed by atoms with Crippen molar-refractivity contribution in [1.82, 2.24) is 15.1 Å². The topological polar surface area (TPSA) is 70.7 Å². The van der Waals surface area contributed by atoms with Gasteiger partial charge in [0.25, 0.3) is 5.91 Å². The fraction of sp³-hybridized carbons (Fsp3) is 0.125. The van der Waals surface area contributed by atoms with Crippen LogP contribution in [0.25, 0.3) is 17.3 Å². The van der Waals surface area contributed by atoms with Crippen LogP contribution in [0.3, 0.4) is 0 Å². The summed E-state index contributed by atoms with van der Waals surface area (Å²) in [6.07, 6.45) is 3.78. The molecule has 24 heavy (non-hydrogen) atoms. The highest BCUT2D eigenvalue weighted by molar-refractivity contribution is 8.26. The van der Waals surface area contributed by atoms with Crippen molar-refractivity contribution in [3.05, 3.63) is 46.7 Å². The molecule has 0 bridgehead atoms. The molecule has 120 valence electrons. The predicted octanol–water partition coefficient (Wildman–Crippen LogP) is 3.09. The molecule has 1 saturated heterocycles. The van der Waals surface area contributed by atoms with Crippen LogP contribution in [-0.2, 0) is 11.3 Å². The fourth-order valence-electron chi connectivity index (χ4n) is 2.22. The van der Waals surface area contributed by atoms with Crippen LogP contribution in [0.5, 0.6) is 0 Å². The second-order valence-corrected chi connectivity index (χ2v) is 6.68. The lowest BCUT2D eigenvalue weighted by atomic mass is 10.1. The number of carbonyl (C=O) groups is 1. The molecule has 0 unspecified atom stereocenters. The molecule has 1 N–H and O–H groups in total. The van der Waals surface area contributed by atoms with Gasteiger partial charge in [0.2, 0.25) is 0 Å². The van der Waals surface area contributed by atoms with Crippen LogP contribution in [0, 0.1) is 17.1 Å². The van der Waals surface area contributed by atoms with Crippen molar-refractivity contribution in [2.45, 2.75) is 13.0 Å². The van der Waals surface area contributed by atoms with Crippen molar-refractivity contribution in [2.75, 3.05) is 0 Å². The zero-order valence-electron chi connectivity index (χ0n) is 12.3. The van der Waals surface area contributed by atoms with Gasteiger partial charge in [0, 0.05) is 17.3 Å². The molecule has 1 aliphatic rings. The van der Waals surface area contributed by atoms with Crippen LogP contribution >= 0.6 is 24.0 Å². The van der Waals surface area contributed by atoms with Gasteiger partial charge >= 0.3 is 0 Å². The fourth-order valence-corrected chi connectivity index (χ4v) is 3.25. The SMILES string of the molecule is N#CCCn1cc(C=C2SC(=S)NC2=O)c(-c2ccc(F)cc2)n1. The van der Waals surface area contributed by atoms with Crippen molar-refractivity contribution in [1.29, 1.82) is 5.26 Å². The predicted molar refractivity (Wildman–Crippen MR) is 94.2 cm³/mol. The van der Waals surface area contributed by atoms with E-state index in [0.29, 0.717) is 33.4 Å². The second kappa shape index (κ2) is 6.95. The van der Waals surface area contributed by atoms with Gasteiger partial charge in [-0.15, -0.1) is 0 Å². The molecule has 1 amide bonds. The first-order valence-electron chi connectivity index (χ1n) is 7.02. The minimum Gasteiger partial charge on any atom is -0.307 e. The van der Waals surface area contributed by atoms with Crippen LogP contribution in [0.2, 0.25) is 0 Å². The molecule has 5 nitrogen and oxygen atoms in total. The lowest BCUT2D eigenvalue weighted by molar-refractivity contribution is -0.115. The maximum atomic E-state index is 13.2. The Hall–Kier alpha value is -2.50. The van der Waals surface area contributed by atoms with Crippen LogP contribution in [0.4, 0.5) is 4.39 Å². The normalized spacial score (nSPS) is 15.6. The Morgan fingerprint density at radius 3 is 2.79 bits per heavy atom. The number of aryl methyl sites for hydroxylation is 1. The molecule has 0 atom stereocenters. The first kappa shape index (κ1) is 16.4. The molecule has 2 heterocycles. The van der Waals surface area contributed by atoms with E-state index in [9.17, 15) is 9.18 Å². The van der Waals surface area contributed by atoms with E-state index in [-0.39, 0.29) is 11.7 Å². The van der Waals surface area contributed by atoms with Gasteiger partial charge in [-0.05, 0) is 30.3 Å². The number of thiocarbonyl (C=S) groups is 1. The summed E-state index contributed by atoms with van der Waals surface area (Å²) in [5, 5.41) is 15.8. The number of carbonyl (C=O) groups excluding carboxylic acids is 1. The lowest BCUT2D eigenvalue weighted by Crippen LogP contribution is -2.17. The summed E-state index contributed by atoms with van der Waals surface area (Å²) >= 11 is 6.17. The highest BCUT2D eigenvalue weighted by Gasteiger charge is 2.23. The van der Waals surface area contributed by atoms with Crippen molar-refractivity contribution in [3.8, 4) is 17.3 Å². The number of rotatable bonds is 4. The van der Waals surface area contributed by atoms with Crippen LogP contribution in [-0.4, -0.2) is 20.0 Å². The molecule has 1 aromatic carbocycles. The number of benzene rings is 1. The van der Waals surface area contributed by atoms with Gasteiger partial charge in [-0.1, -0.05) is 24.0 Å². The maximum absolute atomic E-state index is 13.2. The highest BCUT2D eigenvalue weighted by Crippen LogP contribution is 2.30. The average molecular weight is 358 g/mol. The quantitative estimate of drug-likeness (QED) is 0.672. The van der Waals surface area contributed by atoms with Crippen molar-refractivity contribution >= 4 is 40.3 Å².